The van der Waals surface area contributed by atoms with Crippen LogP contribution in [0.25, 0.3) is 0 Å². The number of anilines is 2. The molecular weight excluding hydrogens is 250 g/mol. The van der Waals surface area contributed by atoms with Crippen LogP contribution >= 0.6 is 0 Å². The molecule has 5 nitrogen and oxygen atoms in total. The van der Waals surface area contributed by atoms with E-state index < -0.39 is 0 Å². The second-order valence-corrected chi connectivity index (χ2v) is 4.93. The van der Waals surface area contributed by atoms with Crippen LogP contribution in [0.4, 0.5) is 11.5 Å². The third-order valence-electron chi connectivity index (χ3n) is 3.43. The molecule has 1 saturated carbocycles. The highest BCUT2D eigenvalue weighted by atomic mass is 15.2. The van der Waals surface area contributed by atoms with Crippen molar-refractivity contribution in [3.05, 3.63) is 47.9 Å². The van der Waals surface area contributed by atoms with Crippen molar-refractivity contribution < 1.29 is 0 Å². The van der Waals surface area contributed by atoms with Gasteiger partial charge in [-0.25, -0.2) is 9.97 Å². The molecular formula is C15H15N5. The Morgan fingerprint density at radius 1 is 1.25 bits per heavy atom. The molecule has 3 rings (SSSR count). The normalized spacial score (nSPS) is 13.8. The van der Waals surface area contributed by atoms with Crippen molar-refractivity contribution in [1.82, 2.24) is 9.97 Å². The zero-order chi connectivity index (χ0) is 13.9. The number of nitrogens with zero attached hydrogens (tertiary/aromatic N) is 4. The van der Waals surface area contributed by atoms with Gasteiger partial charge in [-0.05, 0) is 24.5 Å². The highest BCUT2D eigenvalue weighted by Gasteiger charge is 2.30. The minimum atomic E-state index is 0.337. The van der Waals surface area contributed by atoms with Gasteiger partial charge in [-0.15, -0.1) is 0 Å². The number of rotatable bonds is 4. The van der Waals surface area contributed by atoms with E-state index in [0.29, 0.717) is 11.7 Å². The van der Waals surface area contributed by atoms with E-state index in [0.717, 1.165) is 36.5 Å². The first kappa shape index (κ1) is 12.4. The number of benzene rings is 1. The number of hydrogen-bond donors (Lipinski definition) is 1. The maximum Gasteiger partial charge on any atom is 0.158 e. The quantitative estimate of drug-likeness (QED) is 0.856. The lowest BCUT2D eigenvalue weighted by molar-refractivity contribution is 0.775. The second-order valence-electron chi connectivity index (χ2n) is 4.93. The van der Waals surface area contributed by atoms with E-state index in [1.54, 1.807) is 6.20 Å². The summed E-state index contributed by atoms with van der Waals surface area (Å²) in [5.41, 5.74) is 8.22. The van der Waals surface area contributed by atoms with E-state index in [2.05, 4.69) is 14.9 Å². The zero-order valence-corrected chi connectivity index (χ0v) is 11.0. The van der Waals surface area contributed by atoms with Crippen LogP contribution in [0.5, 0.6) is 0 Å². The molecule has 2 N–H and O–H groups in total. The van der Waals surface area contributed by atoms with E-state index in [4.69, 9.17) is 11.0 Å². The minimum Gasteiger partial charge on any atom is -0.398 e. The smallest absolute Gasteiger partial charge is 0.158 e. The van der Waals surface area contributed by atoms with Crippen molar-refractivity contribution in [2.24, 2.45) is 0 Å². The maximum absolute atomic E-state index is 8.78. The Labute approximate surface area is 117 Å². The average molecular weight is 265 g/mol. The number of nitriles is 1. The topological polar surface area (TPSA) is 78.8 Å². The molecule has 1 aromatic carbocycles. The molecule has 1 aromatic heterocycles. The molecule has 0 radical (unpaired) electrons. The summed E-state index contributed by atoms with van der Waals surface area (Å²) in [5.74, 6) is 0.801. The summed E-state index contributed by atoms with van der Waals surface area (Å²) in [7, 11) is 0. The summed E-state index contributed by atoms with van der Waals surface area (Å²) in [6.07, 6.45) is 5.50. The van der Waals surface area contributed by atoms with Crippen molar-refractivity contribution in [3.63, 3.8) is 0 Å². The van der Waals surface area contributed by atoms with Gasteiger partial charge in [0.2, 0.25) is 0 Å². The lowest BCUT2D eigenvalue weighted by Gasteiger charge is -2.23. The van der Waals surface area contributed by atoms with E-state index in [1.807, 2.05) is 30.3 Å². The SMILES string of the molecule is N#Cc1cnc(N(Cc2ccccc2N)C2CC2)cn1. The molecule has 0 amide bonds. The molecule has 100 valence electrons. The van der Waals surface area contributed by atoms with Gasteiger partial charge >= 0.3 is 0 Å². The number of nitrogen functional groups attached to an aromatic ring is 1. The Morgan fingerprint density at radius 3 is 2.65 bits per heavy atom. The molecule has 0 atom stereocenters. The fraction of sp³-hybridized carbons (Fsp3) is 0.267. The monoisotopic (exact) mass is 265 g/mol. The van der Waals surface area contributed by atoms with Crippen LogP contribution in [0.2, 0.25) is 0 Å². The van der Waals surface area contributed by atoms with Gasteiger partial charge < -0.3 is 10.6 Å². The van der Waals surface area contributed by atoms with Gasteiger partial charge in [0.15, 0.2) is 5.69 Å². The zero-order valence-electron chi connectivity index (χ0n) is 11.0. The van der Waals surface area contributed by atoms with E-state index in [9.17, 15) is 0 Å². The maximum atomic E-state index is 8.78. The molecule has 20 heavy (non-hydrogen) atoms. The van der Waals surface area contributed by atoms with Crippen molar-refractivity contribution in [2.45, 2.75) is 25.4 Å². The summed E-state index contributed by atoms with van der Waals surface area (Å²) in [5, 5.41) is 8.78. The standard InChI is InChI=1S/C15H15N5/c16-7-12-8-19-15(9-18-12)20(13-5-6-13)10-11-3-1-2-4-14(11)17/h1-4,8-9,13H,5-6,10,17H2. The summed E-state index contributed by atoms with van der Waals surface area (Å²) in [6, 6.07) is 10.3. The van der Waals surface area contributed by atoms with Crippen molar-refractivity contribution >= 4 is 11.5 Å². The Morgan fingerprint density at radius 2 is 2.05 bits per heavy atom. The van der Waals surface area contributed by atoms with Crippen LogP contribution in [0.1, 0.15) is 24.1 Å². The van der Waals surface area contributed by atoms with Crippen LogP contribution < -0.4 is 10.6 Å². The first-order valence-electron chi connectivity index (χ1n) is 6.60. The second kappa shape index (κ2) is 5.17. The highest BCUT2D eigenvalue weighted by molar-refractivity contribution is 5.50. The van der Waals surface area contributed by atoms with Crippen molar-refractivity contribution in [3.8, 4) is 6.07 Å². The predicted octanol–water partition coefficient (Wildman–Crippen LogP) is 2.10. The molecule has 0 spiro atoms. The van der Waals surface area contributed by atoms with Crippen LogP contribution in [-0.2, 0) is 6.54 Å². The molecule has 0 unspecified atom stereocenters. The van der Waals surface area contributed by atoms with Crippen molar-refractivity contribution in [1.29, 1.82) is 5.26 Å². The van der Waals surface area contributed by atoms with Gasteiger partial charge in [-0.3, -0.25) is 0 Å². The van der Waals surface area contributed by atoms with Gasteiger partial charge in [0.25, 0.3) is 0 Å². The van der Waals surface area contributed by atoms with E-state index >= 15 is 0 Å². The number of aromatic nitrogens is 2. The van der Waals surface area contributed by atoms with Crippen LogP contribution in [0.3, 0.4) is 0 Å². The molecule has 1 fully saturated rings. The van der Waals surface area contributed by atoms with Gasteiger partial charge in [0.05, 0.1) is 12.4 Å². The number of para-hydroxylation sites is 1. The Kier molecular flexibility index (Phi) is 3.21. The van der Waals surface area contributed by atoms with E-state index in [1.165, 1.54) is 6.20 Å². The third kappa shape index (κ3) is 2.54. The molecule has 0 aliphatic heterocycles. The average Bonchev–Trinajstić information content (AvgIpc) is 3.31. The Hall–Kier alpha value is -2.61. The molecule has 1 aliphatic rings. The van der Waals surface area contributed by atoms with Crippen LogP contribution in [0, 0.1) is 11.3 Å². The van der Waals surface area contributed by atoms with Gasteiger partial charge in [0, 0.05) is 18.3 Å². The fourth-order valence-corrected chi connectivity index (χ4v) is 2.17. The predicted molar refractivity (Wildman–Crippen MR) is 76.8 cm³/mol. The molecule has 0 saturated heterocycles. The number of nitrogens with two attached hydrogens (primary N) is 1. The summed E-state index contributed by atoms with van der Waals surface area (Å²) >= 11 is 0. The van der Waals surface area contributed by atoms with Crippen molar-refractivity contribution in [2.75, 3.05) is 10.6 Å². The van der Waals surface area contributed by atoms with Crippen LogP contribution in [0.15, 0.2) is 36.7 Å². The van der Waals surface area contributed by atoms with Gasteiger partial charge in [0.1, 0.15) is 11.9 Å². The molecule has 5 heteroatoms. The minimum absolute atomic E-state index is 0.337. The van der Waals surface area contributed by atoms with Gasteiger partial charge in [-0.2, -0.15) is 5.26 Å². The first-order chi connectivity index (χ1) is 9.78. The third-order valence-corrected chi connectivity index (χ3v) is 3.43. The molecule has 1 aliphatic carbocycles. The lowest BCUT2D eigenvalue weighted by atomic mass is 10.1. The van der Waals surface area contributed by atoms with E-state index in [-0.39, 0.29) is 0 Å². The summed E-state index contributed by atoms with van der Waals surface area (Å²) in [4.78, 5) is 10.6. The Bertz CT molecular complexity index is 640. The van der Waals surface area contributed by atoms with Gasteiger partial charge in [-0.1, -0.05) is 18.2 Å². The molecule has 2 aromatic rings. The summed E-state index contributed by atoms with van der Waals surface area (Å²) < 4.78 is 0. The fourth-order valence-electron chi connectivity index (χ4n) is 2.17. The number of hydrogen-bond acceptors (Lipinski definition) is 5. The molecule has 0 bridgehead atoms. The lowest BCUT2D eigenvalue weighted by Crippen LogP contribution is -2.26. The highest BCUT2D eigenvalue weighted by Crippen LogP contribution is 2.32. The molecule has 1 heterocycles. The first-order valence-corrected chi connectivity index (χ1v) is 6.60. The largest absolute Gasteiger partial charge is 0.398 e. The van der Waals surface area contributed by atoms with Crippen LogP contribution in [-0.4, -0.2) is 16.0 Å². The Balaban J connectivity index is 1.86. The summed E-state index contributed by atoms with van der Waals surface area (Å²) in [6.45, 7) is 0.720.